The molecule has 0 fully saturated rings. The predicted molar refractivity (Wildman–Crippen MR) is 56.7 cm³/mol. The van der Waals surface area contributed by atoms with Crippen LogP contribution in [0.25, 0.3) is 0 Å². The average molecular weight is 274 g/mol. The molecule has 1 N–H and O–H groups in total. The summed E-state index contributed by atoms with van der Waals surface area (Å²) in [6, 6.07) is 1.56. The van der Waals surface area contributed by atoms with Gasteiger partial charge in [-0.25, -0.2) is 4.79 Å². The molecule has 2 rings (SSSR count). The van der Waals surface area contributed by atoms with E-state index in [1.165, 1.54) is 0 Å². The lowest BCUT2D eigenvalue weighted by Gasteiger charge is -2.04. The minimum atomic E-state index is -4.71. The molecule has 0 spiro atoms. The number of carboxylic acid groups (broad SMARTS) is 1. The maximum atomic E-state index is 12.7. The number of hydrogen-bond donors (Lipinski definition) is 1. The second kappa shape index (κ2) is 4.45. The van der Waals surface area contributed by atoms with Crippen LogP contribution in [0, 0.1) is 6.92 Å². The van der Waals surface area contributed by atoms with Crippen LogP contribution >= 0.6 is 0 Å². The van der Waals surface area contributed by atoms with E-state index in [0.717, 1.165) is 17.0 Å². The first kappa shape index (κ1) is 13.2. The van der Waals surface area contributed by atoms with Gasteiger partial charge in [0, 0.05) is 18.5 Å². The van der Waals surface area contributed by atoms with E-state index in [1.807, 2.05) is 0 Å². The Balaban J connectivity index is 2.35. The Hall–Kier alpha value is -2.25. The number of halogens is 3. The van der Waals surface area contributed by atoms with Gasteiger partial charge in [-0.05, 0) is 6.92 Å². The molecule has 0 bridgehead atoms. The lowest BCUT2D eigenvalue weighted by molar-refractivity contribution is -0.138. The molecule has 0 unspecified atom stereocenters. The van der Waals surface area contributed by atoms with E-state index in [0.29, 0.717) is 11.5 Å². The Morgan fingerprint density at radius 2 is 2.16 bits per heavy atom. The Kier molecular flexibility index (Phi) is 3.09. The van der Waals surface area contributed by atoms with E-state index in [1.54, 1.807) is 13.0 Å². The van der Waals surface area contributed by atoms with Crippen LogP contribution in [0.5, 0.6) is 0 Å². The minimum Gasteiger partial charge on any atom is -0.478 e. The second-order valence-corrected chi connectivity index (χ2v) is 4.00. The zero-order valence-corrected chi connectivity index (χ0v) is 9.73. The molecule has 0 aliphatic heterocycles. The molecule has 5 nitrogen and oxygen atoms in total. The first-order valence-corrected chi connectivity index (χ1v) is 5.20. The topological polar surface area (TPSA) is 68.3 Å². The largest absolute Gasteiger partial charge is 0.478 e. The van der Waals surface area contributed by atoms with Crippen molar-refractivity contribution in [3.8, 4) is 0 Å². The van der Waals surface area contributed by atoms with E-state index in [9.17, 15) is 18.0 Å². The van der Waals surface area contributed by atoms with E-state index in [2.05, 4.69) is 5.16 Å². The highest BCUT2D eigenvalue weighted by molar-refractivity contribution is 5.89. The van der Waals surface area contributed by atoms with Gasteiger partial charge in [0.05, 0.1) is 23.4 Å². The number of alkyl halides is 3. The Morgan fingerprint density at radius 3 is 2.58 bits per heavy atom. The molecule has 2 heterocycles. The number of aromatic nitrogens is 2. The van der Waals surface area contributed by atoms with Gasteiger partial charge in [0.2, 0.25) is 0 Å². The number of aryl methyl sites for hydroxylation is 1. The van der Waals surface area contributed by atoms with Crippen LogP contribution in [0.3, 0.4) is 0 Å². The molecule has 19 heavy (non-hydrogen) atoms. The van der Waals surface area contributed by atoms with Crippen LogP contribution in [0.1, 0.15) is 27.4 Å². The summed E-state index contributed by atoms with van der Waals surface area (Å²) in [6.45, 7) is 1.66. The zero-order chi connectivity index (χ0) is 14.2. The van der Waals surface area contributed by atoms with E-state index >= 15 is 0 Å². The number of carbonyl (C=O) groups is 1. The van der Waals surface area contributed by atoms with Gasteiger partial charge in [0.25, 0.3) is 0 Å². The summed E-state index contributed by atoms with van der Waals surface area (Å²) >= 11 is 0. The third kappa shape index (κ3) is 2.78. The smallest absolute Gasteiger partial charge is 0.418 e. The highest BCUT2D eigenvalue weighted by Crippen LogP contribution is 2.32. The monoisotopic (exact) mass is 274 g/mol. The van der Waals surface area contributed by atoms with Gasteiger partial charge < -0.3 is 14.2 Å². The summed E-state index contributed by atoms with van der Waals surface area (Å²) in [7, 11) is 0. The van der Waals surface area contributed by atoms with Crippen LogP contribution in [-0.4, -0.2) is 20.8 Å². The maximum absolute atomic E-state index is 12.7. The highest BCUT2D eigenvalue weighted by atomic mass is 19.4. The summed E-state index contributed by atoms with van der Waals surface area (Å²) < 4.78 is 43.9. The second-order valence-electron chi connectivity index (χ2n) is 4.00. The molecule has 0 saturated carbocycles. The van der Waals surface area contributed by atoms with Crippen molar-refractivity contribution in [1.29, 1.82) is 0 Å². The predicted octanol–water partition coefficient (Wildman–Crippen LogP) is 2.55. The summed E-state index contributed by atoms with van der Waals surface area (Å²) in [5, 5.41) is 12.4. The number of aromatic carboxylic acids is 1. The lowest BCUT2D eigenvalue weighted by Crippen LogP contribution is -2.09. The molecular formula is C11H9F3N2O3. The summed E-state index contributed by atoms with van der Waals surface area (Å²) in [4.78, 5) is 10.8. The van der Waals surface area contributed by atoms with Crippen molar-refractivity contribution < 1.29 is 27.6 Å². The van der Waals surface area contributed by atoms with Crippen LogP contribution < -0.4 is 0 Å². The van der Waals surface area contributed by atoms with Crippen LogP contribution in [0.2, 0.25) is 0 Å². The Bertz CT molecular complexity index is 613. The molecule has 0 aliphatic rings. The number of hydrogen-bond acceptors (Lipinski definition) is 3. The molecule has 0 aromatic carbocycles. The molecule has 2 aromatic heterocycles. The van der Waals surface area contributed by atoms with Crippen molar-refractivity contribution in [3.05, 3.63) is 41.0 Å². The fourth-order valence-electron chi connectivity index (χ4n) is 1.67. The summed E-state index contributed by atoms with van der Waals surface area (Å²) in [5.74, 6) is -1.28. The Labute approximate surface area is 105 Å². The van der Waals surface area contributed by atoms with Gasteiger partial charge in [-0.2, -0.15) is 13.2 Å². The highest BCUT2D eigenvalue weighted by Gasteiger charge is 2.37. The fourth-order valence-corrected chi connectivity index (χ4v) is 1.67. The van der Waals surface area contributed by atoms with Crippen LogP contribution in [-0.2, 0) is 12.7 Å². The van der Waals surface area contributed by atoms with Gasteiger partial charge >= 0.3 is 12.1 Å². The third-order valence-corrected chi connectivity index (χ3v) is 2.43. The van der Waals surface area contributed by atoms with E-state index in [4.69, 9.17) is 9.63 Å². The van der Waals surface area contributed by atoms with Gasteiger partial charge in [-0.3, -0.25) is 0 Å². The summed E-state index contributed by atoms with van der Waals surface area (Å²) in [6.07, 6.45) is -3.05. The van der Waals surface area contributed by atoms with Crippen LogP contribution in [0.15, 0.2) is 23.0 Å². The maximum Gasteiger partial charge on any atom is 0.418 e. The quantitative estimate of drug-likeness (QED) is 0.933. The van der Waals surface area contributed by atoms with Crippen molar-refractivity contribution in [2.24, 2.45) is 0 Å². The first-order valence-electron chi connectivity index (χ1n) is 5.20. The van der Waals surface area contributed by atoms with E-state index < -0.39 is 23.3 Å². The van der Waals surface area contributed by atoms with E-state index in [-0.39, 0.29) is 6.54 Å². The molecule has 8 heteroatoms. The van der Waals surface area contributed by atoms with Gasteiger partial charge in [-0.15, -0.1) is 0 Å². The zero-order valence-electron chi connectivity index (χ0n) is 9.73. The third-order valence-electron chi connectivity index (χ3n) is 2.43. The summed E-state index contributed by atoms with van der Waals surface area (Å²) in [5.41, 5.74) is -1.38. The van der Waals surface area contributed by atoms with Gasteiger partial charge in [-0.1, -0.05) is 5.16 Å². The molecular weight excluding hydrogens is 265 g/mol. The van der Waals surface area contributed by atoms with Crippen molar-refractivity contribution >= 4 is 5.97 Å². The van der Waals surface area contributed by atoms with Crippen molar-refractivity contribution in [3.63, 3.8) is 0 Å². The number of rotatable bonds is 3. The Morgan fingerprint density at radius 1 is 1.47 bits per heavy atom. The molecule has 2 aromatic rings. The standard InChI is InChI=1S/C11H9F3N2O3/c1-6-2-7(19-15-6)3-16-4-8(10(17)18)9(5-16)11(12,13)14/h2,4-5H,3H2,1H3,(H,17,18). The first-order chi connectivity index (χ1) is 8.77. The fraction of sp³-hybridized carbons (Fsp3) is 0.273. The molecule has 0 atom stereocenters. The van der Waals surface area contributed by atoms with Crippen molar-refractivity contribution in [2.45, 2.75) is 19.6 Å². The molecule has 0 radical (unpaired) electrons. The van der Waals surface area contributed by atoms with Crippen molar-refractivity contribution in [2.75, 3.05) is 0 Å². The molecule has 0 aliphatic carbocycles. The number of carboxylic acids is 1. The minimum absolute atomic E-state index is 0.0167. The van der Waals surface area contributed by atoms with Crippen LogP contribution in [0.4, 0.5) is 13.2 Å². The SMILES string of the molecule is Cc1cc(Cn2cc(C(=O)O)c(C(F)(F)F)c2)on1. The van der Waals surface area contributed by atoms with Crippen molar-refractivity contribution in [1.82, 2.24) is 9.72 Å². The number of nitrogens with zero attached hydrogens (tertiary/aromatic N) is 2. The molecule has 102 valence electrons. The normalized spacial score (nSPS) is 11.8. The van der Waals surface area contributed by atoms with Gasteiger partial charge in [0.15, 0.2) is 5.76 Å². The lowest BCUT2D eigenvalue weighted by atomic mass is 10.2. The molecule has 0 saturated heterocycles. The van der Waals surface area contributed by atoms with Gasteiger partial charge in [0.1, 0.15) is 0 Å². The molecule has 0 amide bonds. The average Bonchev–Trinajstić information content (AvgIpc) is 2.85.